The normalized spacial score (nSPS) is 11.1. The third kappa shape index (κ3) is 20.1. The van der Waals surface area contributed by atoms with Crippen molar-refractivity contribution < 1.29 is 43.3 Å². The van der Waals surface area contributed by atoms with E-state index < -0.39 is 36.5 Å². The van der Waals surface area contributed by atoms with Crippen LogP contribution >= 0.6 is 0 Å². The number of esters is 2. The van der Waals surface area contributed by atoms with Crippen LogP contribution in [0.3, 0.4) is 0 Å². The second-order valence-electron chi connectivity index (χ2n) is 13.2. The fourth-order valence-corrected chi connectivity index (χ4v) is 5.04. The molecule has 1 unspecified atom stereocenters. The number of rotatable bonds is 17. The molecular weight excluding hydrogens is 753 g/mol. The van der Waals surface area contributed by atoms with Crippen molar-refractivity contribution in [3.8, 4) is 11.8 Å². The highest BCUT2D eigenvalue weighted by Crippen LogP contribution is 2.11. The number of ether oxygens (including phenoxy) is 2. The van der Waals surface area contributed by atoms with E-state index in [4.69, 9.17) is 9.84 Å². The summed E-state index contributed by atoms with van der Waals surface area (Å²) in [6.07, 6.45) is 8.02. The van der Waals surface area contributed by atoms with Crippen LogP contribution in [0.15, 0.2) is 84.9 Å². The first kappa shape index (κ1) is 50.8. The van der Waals surface area contributed by atoms with Gasteiger partial charge in [-0.25, -0.2) is 9.59 Å². The molecule has 3 aromatic carbocycles. The van der Waals surface area contributed by atoms with Crippen molar-refractivity contribution >= 4 is 41.6 Å². The molecule has 3 N–H and O–H groups in total. The van der Waals surface area contributed by atoms with Crippen molar-refractivity contribution in [2.45, 2.75) is 70.9 Å². The number of aliphatic hydroxyl groups is 1. The van der Waals surface area contributed by atoms with E-state index in [1.807, 2.05) is 62.4 Å². The quantitative estimate of drug-likeness (QED) is 0.0958. The zero-order chi connectivity index (χ0) is 44.2. The molecule has 0 spiro atoms. The number of benzene rings is 3. The molecule has 4 amide bonds. The molecule has 13 heteroatoms. The lowest BCUT2D eigenvalue weighted by Crippen LogP contribution is -2.44. The van der Waals surface area contributed by atoms with Gasteiger partial charge in [-0.05, 0) is 60.7 Å². The smallest absolute Gasteiger partial charge is 0.330 e. The molecule has 3 rings (SSSR count). The zero-order valence-corrected chi connectivity index (χ0v) is 35.6. The van der Waals surface area contributed by atoms with Gasteiger partial charge in [0.05, 0.1) is 20.8 Å². The predicted octanol–water partition coefficient (Wildman–Crippen LogP) is 5.06. The fourth-order valence-electron chi connectivity index (χ4n) is 5.04. The maximum atomic E-state index is 12.7. The molecular formula is C46H60N4O9. The van der Waals surface area contributed by atoms with Gasteiger partial charge in [0, 0.05) is 70.6 Å². The molecule has 0 heterocycles. The monoisotopic (exact) mass is 812 g/mol. The highest BCUT2D eigenvalue weighted by atomic mass is 16.5. The van der Waals surface area contributed by atoms with E-state index in [1.54, 1.807) is 80.5 Å². The molecule has 59 heavy (non-hydrogen) atoms. The highest BCUT2D eigenvalue weighted by molar-refractivity contribution is 5.98. The first-order chi connectivity index (χ1) is 28.3. The van der Waals surface area contributed by atoms with Crippen molar-refractivity contribution in [1.29, 1.82) is 0 Å². The number of carbonyl (C=O) groups is 6. The number of hydrogen-bond acceptors (Lipinski definition) is 9. The SMILES string of the molecule is CC.COC(=O)C(Cc1ccccc1)NC(=O)c1cccc(/C=C\CCCC(=O)N(C)C)c1.COC(=O)[C@@H](CO)NC(=O)c1cccc(C#CCCCC(=O)N(C)C)c1. The van der Waals surface area contributed by atoms with Crippen LogP contribution in [0.5, 0.6) is 0 Å². The molecule has 0 fully saturated rings. The van der Waals surface area contributed by atoms with E-state index in [1.165, 1.54) is 14.2 Å². The number of allylic oxidation sites excluding steroid dienone is 1. The maximum absolute atomic E-state index is 12.7. The Bertz CT molecular complexity index is 1880. The maximum Gasteiger partial charge on any atom is 0.330 e. The topological polar surface area (TPSA) is 172 Å². The first-order valence-electron chi connectivity index (χ1n) is 19.5. The van der Waals surface area contributed by atoms with E-state index >= 15 is 0 Å². The van der Waals surface area contributed by atoms with Crippen molar-refractivity contribution in [3.63, 3.8) is 0 Å². The third-order valence-electron chi connectivity index (χ3n) is 8.32. The number of aliphatic hydroxyl groups excluding tert-OH is 1. The predicted molar refractivity (Wildman–Crippen MR) is 229 cm³/mol. The molecule has 2 atom stereocenters. The van der Waals surface area contributed by atoms with E-state index in [0.29, 0.717) is 48.8 Å². The Kier molecular flexibility index (Phi) is 25.0. The van der Waals surface area contributed by atoms with Crippen LogP contribution in [-0.4, -0.2) is 112 Å². The number of nitrogens with one attached hydrogen (secondary N) is 2. The van der Waals surface area contributed by atoms with E-state index in [2.05, 4.69) is 27.2 Å². The standard InChI is InChI=1S/C25H30N2O4.C19H24N2O5.C2H6/c1-27(2)23(28)16-9-5-8-11-19-14-10-15-21(17-19)24(29)26-22(25(30)31-3)18-20-12-6-4-7-13-20;1-21(2)17(23)11-6-4-5-8-14-9-7-10-15(12-14)18(24)20-16(13-22)19(25)26-3;1-2/h4,6-8,10-15,17,22H,5,9,16,18H2,1-3H3,(H,26,29);7,9-10,12,16,22H,4,6,11,13H2,1-3H3,(H,20,24);1-2H3/b11-8-;;/t;16-;/m.1./s1. The van der Waals surface area contributed by atoms with Crippen molar-refractivity contribution in [2.24, 2.45) is 0 Å². The van der Waals surface area contributed by atoms with Crippen molar-refractivity contribution in [3.05, 3.63) is 113 Å². The average Bonchev–Trinajstić information content (AvgIpc) is 3.25. The Morgan fingerprint density at radius 2 is 1.25 bits per heavy atom. The molecule has 0 aliphatic heterocycles. The van der Waals surface area contributed by atoms with Crippen LogP contribution in [0.4, 0.5) is 0 Å². The van der Waals surface area contributed by atoms with Gasteiger partial charge < -0.3 is 35.0 Å². The van der Waals surface area contributed by atoms with E-state index in [0.717, 1.165) is 24.0 Å². The number of hydrogen-bond donors (Lipinski definition) is 3. The summed E-state index contributed by atoms with van der Waals surface area (Å²) < 4.78 is 9.37. The molecule has 0 aliphatic carbocycles. The largest absolute Gasteiger partial charge is 0.467 e. The molecule has 3 aromatic rings. The molecule has 13 nitrogen and oxygen atoms in total. The van der Waals surface area contributed by atoms with Gasteiger partial charge in [-0.3, -0.25) is 19.2 Å². The highest BCUT2D eigenvalue weighted by Gasteiger charge is 2.23. The second-order valence-corrected chi connectivity index (χ2v) is 13.2. The molecule has 0 aromatic heterocycles. The van der Waals surface area contributed by atoms with Gasteiger partial charge in [0.25, 0.3) is 11.8 Å². The van der Waals surface area contributed by atoms with Gasteiger partial charge in [-0.15, -0.1) is 0 Å². The minimum Gasteiger partial charge on any atom is -0.467 e. The van der Waals surface area contributed by atoms with Gasteiger partial charge in [0.15, 0.2) is 6.04 Å². The van der Waals surface area contributed by atoms with Gasteiger partial charge in [-0.1, -0.05) is 86.4 Å². The lowest BCUT2D eigenvalue weighted by Gasteiger charge is -2.17. The Hall–Kier alpha value is -6.26. The molecule has 0 radical (unpaired) electrons. The summed E-state index contributed by atoms with van der Waals surface area (Å²) in [6.45, 7) is 3.45. The van der Waals surface area contributed by atoms with E-state index in [-0.39, 0.29) is 17.7 Å². The van der Waals surface area contributed by atoms with Crippen LogP contribution in [0.2, 0.25) is 0 Å². The van der Waals surface area contributed by atoms with Crippen LogP contribution in [-0.2, 0) is 35.1 Å². The summed E-state index contributed by atoms with van der Waals surface area (Å²) in [7, 11) is 9.42. The summed E-state index contributed by atoms with van der Waals surface area (Å²) in [5.41, 5.74) is 3.25. The fraction of sp³-hybridized carbons (Fsp3) is 0.391. The first-order valence-corrected chi connectivity index (χ1v) is 19.5. The minimum absolute atomic E-state index is 0.0644. The second kappa shape index (κ2) is 29.0. The average molecular weight is 813 g/mol. The van der Waals surface area contributed by atoms with Crippen LogP contribution in [0.1, 0.15) is 89.8 Å². The molecule has 0 aliphatic rings. The number of unbranched alkanes of at least 4 members (excludes halogenated alkanes) is 2. The van der Waals surface area contributed by atoms with Gasteiger partial charge in [0.2, 0.25) is 11.8 Å². The van der Waals surface area contributed by atoms with Crippen LogP contribution in [0, 0.1) is 11.8 Å². The van der Waals surface area contributed by atoms with Gasteiger partial charge >= 0.3 is 11.9 Å². The Morgan fingerprint density at radius 3 is 1.83 bits per heavy atom. The summed E-state index contributed by atoms with van der Waals surface area (Å²) in [6, 6.07) is 21.4. The summed E-state index contributed by atoms with van der Waals surface area (Å²) in [5, 5.41) is 14.3. The minimum atomic E-state index is -1.11. The summed E-state index contributed by atoms with van der Waals surface area (Å²) in [4.78, 5) is 74.7. The Labute approximate surface area is 349 Å². The van der Waals surface area contributed by atoms with Gasteiger partial charge in [0.1, 0.15) is 6.04 Å². The molecule has 318 valence electrons. The Balaban J connectivity index is 0.000000575. The summed E-state index contributed by atoms with van der Waals surface area (Å²) in [5.74, 6) is 4.06. The zero-order valence-electron chi connectivity index (χ0n) is 35.6. The number of nitrogens with zero attached hydrogens (tertiary/aromatic N) is 2. The molecule has 0 saturated carbocycles. The van der Waals surface area contributed by atoms with Crippen LogP contribution < -0.4 is 10.6 Å². The molecule has 0 saturated heterocycles. The lowest BCUT2D eigenvalue weighted by atomic mass is 10.0. The summed E-state index contributed by atoms with van der Waals surface area (Å²) >= 11 is 0. The van der Waals surface area contributed by atoms with E-state index in [9.17, 15) is 28.8 Å². The molecule has 0 bridgehead atoms. The van der Waals surface area contributed by atoms with Crippen molar-refractivity contribution in [2.75, 3.05) is 49.0 Å². The number of carbonyl (C=O) groups excluding carboxylic acids is 6. The van der Waals surface area contributed by atoms with Crippen LogP contribution in [0.25, 0.3) is 6.08 Å². The third-order valence-corrected chi connectivity index (χ3v) is 8.32. The number of amides is 4. The van der Waals surface area contributed by atoms with Crippen molar-refractivity contribution in [1.82, 2.24) is 20.4 Å². The van der Waals surface area contributed by atoms with Gasteiger partial charge in [-0.2, -0.15) is 0 Å². The lowest BCUT2D eigenvalue weighted by molar-refractivity contribution is -0.144. The number of methoxy groups -OCH3 is 2. The Morgan fingerprint density at radius 1 is 0.712 bits per heavy atom.